The molecular weight excluding hydrogens is 321 g/mol. The predicted octanol–water partition coefficient (Wildman–Crippen LogP) is 2.26. The van der Waals surface area contributed by atoms with Crippen LogP contribution in [0, 0.1) is 12.3 Å². The zero-order valence-corrected chi connectivity index (χ0v) is 11.5. The van der Waals surface area contributed by atoms with E-state index in [1.807, 2.05) is 0 Å². The van der Waals surface area contributed by atoms with Crippen LogP contribution >= 0.6 is 27.5 Å². The molecule has 1 N–H and O–H groups in total. The van der Waals surface area contributed by atoms with Crippen LogP contribution in [0.2, 0.25) is 5.02 Å². The molecule has 0 heterocycles. The summed E-state index contributed by atoms with van der Waals surface area (Å²) in [6.07, 6.45) is 5.11. The first kappa shape index (κ1) is 14.6. The van der Waals surface area contributed by atoms with Crippen molar-refractivity contribution >= 4 is 39.4 Å². The van der Waals surface area contributed by atoms with Crippen LogP contribution in [-0.4, -0.2) is 35.0 Å². The first-order chi connectivity index (χ1) is 8.45. The summed E-state index contributed by atoms with van der Waals surface area (Å²) in [4.78, 5) is 23.8. The molecule has 1 amide bonds. The zero-order valence-electron chi connectivity index (χ0n) is 9.19. The molecule has 0 aromatic heterocycles. The van der Waals surface area contributed by atoms with Gasteiger partial charge in [-0.2, -0.15) is 0 Å². The third kappa shape index (κ3) is 3.76. The van der Waals surface area contributed by atoms with Crippen molar-refractivity contribution in [2.24, 2.45) is 0 Å². The van der Waals surface area contributed by atoms with Crippen LogP contribution in [0.5, 0.6) is 0 Å². The average Bonchev–Trinajstić information content (AvgIpc) is 2.27. The number of halogens is 2. The van der Waals surface area contributed by atoms with Gasteiger partial charge < -0.3 is 10.0 Å². The van der Waals surface area contributed by atoms with Crippen molar-refractivity contribution in [3.05, 3.63) is 33.3 Å². The first-order valence-electron chi connectivity index (χ1n) is 4.85. The number of hydrogen-bond acceptors (Lipinski definition) is 2. The number of carboxylic acids is 1. The predicted molar refractivity (Wildman–Crippen MR) is 71.5 cm³/mol. The number of hydrogen-bond donors (Lipinski definition) is 1. The topological polar surface area (TPSA) is 57.6 Å². The van der Waals surface area contributed by atoms with Gasteiger partial charge >= 0.3 is 5.97 Å². The maximum absolute atomic E-state index is 12.1. The van der Waals surface area contributed by atoms with Gasteiger partial charge in [0.15, 0.2) is 0 Å². The second-order valence-electron chi connectivity index (χ2n) is 3.38. The Morgan fingerprint density at radius 3 is 2.67 bits per heavy atom. The van der Waals surface area contributed by atoms with Crippen molar-refractivity contribution in [3.8, 4) is 12.3 Å². The standard InChI is InChI=1S/C12H9BrClNO3/c1-2-5-15(7-11(16)17)12(18)9-4-3-8(13)6-10(9)14/h1,3-4,6H,5,7H2,(H,16,17). The van der Waals surface area contributed by atoms with E-state index in [1.54, 1.807) is 12.1 Å². The number of carbonyl (C=O) groups excluding carboxylic acids is 1. The van der Waals surface area contributed by atoms with Gasteiger partial charge in [0.05, 0.1) is 17.1 Å². The molecule has 0 unspecified atom stereocenters. The number of carbonyl (C=O) groups is 2. The van der Waals surface area contributed by atoms with Crippen LogP contribution in [0.3, 0.4) is 0 Å². The van der Waals surface area contributed by atoms with Crippen LogP contribution in [0.1, 0.15) is 10.4 Å². The number of amides is 1. The molecule has 94 valence electrons. The second-order valence-corrected chi connectivity index (χ2v) is 4.71. The van der Waals surface area contributed by atoms with Gasteiger partial charge in [0.1, 0.15) is 6.54 Å². The molecule has 0 bridgehead atoms. The van der Waals surface area contributed by atoms with Gasteiger partial charge in [-0.15, -0.1) is 6.42 Å². The summed E-state index contributed by atoms with van der Waals surface area (Å²) in [6.45, 7) is -0.549. The lowest BCUT2D eigenvalue weighted by Crippen LogP contribution is -2.36. The fourth-order valence-corrected chi connectivity index (χ4v) is 2.06. The van der Waals surface area contributed by atoms with Gasteiger partial charge in [0.2, 0.25) is 0 Å². The van der Waals surface area contributed by atoms with E-state index in [0.29, 0.717) is 0 Å². The van der Waals surface area contributed by atoms with E-state index in [9.17, 15) is 9.59 Å². The number of carboxylic acid groups (broad SMARTS) is 1. The molecule has 0 aliphatic carbocycles. The quantitative estimate of drug-likeness (QED) is 0.862. The molecule has 1 aromatic carbocycles. The number of rotatable bonds is 4. The van der Waals surface area contributed by atoms with Gasteiger partial charge in [0.25, 0.3) is 5.91 Å². The van der Waals surface area contributed by atoms with Crippen molar-refractivity contribution in [2.75, 3.05) is 13.1 Å². The molecule has 0 spiro atoms. The Labute approximate surface area is 118 Å². The summed E-state index contributed by atoms with van der Waals surface area (Å²) in [5.74, 6) is 0.605. The Morgan fingerprint density at radius 1 is 1.50 bits per heavy atom. The van der Waals surface area contributed by atoms with Crippen LogP contribution in [0.25, 0.3) is 0 Å². The second kappa shape index (κ2) is 6.43. The maximum atomic E-state index is 12.1. The van der Waals surface area contributed by atoms with Gasteiger partial charge in [-0.25, -0.2) is 0 Å². The van der Waals surface area contributed by atoms with Crippen molar-refractivity contribution in [2.45, 2.75) is 0 Å². The minimum atomic E-state index is -1.13. The molecule has 0 atom stereocenters. The smallest absolute Gasteiger partial charge is 0.323 e. The molecule has 0 aliphatic heterocycles. The molecule has 4 nitrogen and oxygen atoms in total. The Kier molecular flexibility index (Phi) is 5.20. The van der Waals surface area contributed by atoms with Gasteiger partial charge in [-0.05, 0) is 18.2 Å². The lowest BCUT2D eigenvalue weighted by atomic mass is 10.2. The highest BCUT2D eigenvalue weighted by molar-refractivity contribution is 9.10. The summed E-state index contributed by atoms with van der Waals surface area (Å²) in [5.41, 5.74) is 0.219. The van der Waals surface area contributed by atoms with Gasteiger partial charge in [-0.1, -0.05) is 33.5 Å². The lowest BCUT2D eigenvalue weighted by Gasteiger charge is -2.18. The Hall–Kier alpha value is -1.51. The largest absolute Gasteiger partial charge is 0.480 e. The SMILES string of the molecule is C#CCN(CC(=O)O)C(=O)c1ccc(Br)cc1Cl. The molecule has 6 heteroatoms. The minimum absolute atomic E-state index is 0.0858. The van der Waals surface area contributed by atoms with E-state index < -0.39 is 18.4 Å². The number of nitrogens with zero attached hydrogens (tertiary/aromatic N) is 1. The summed E-state index contributed by atoms with van der Waals surface area (Å²) >= 11 is 9.15. The monoisotopic (exact) mass is 329 g/mol. The highest BCUT2D eigenvalue weighted by Gasteiger charge is 2.19. The third-order valence-electron chi connectivity index (χ3n) is 2.06. The van der Waals surface area contributed by atoms with Crippen LogP contribution in [-0.2, 0) is 4.79 Å². The molecular formula is C12H9BrClNO3. The maximum Gasteiger partial charge on any atom is 0.323 e. The first-order valence-corrected chi connectivity index (χ1v) is 6.02. The fraction of sp³-hybridized carbons (Fsp3) is 0.167. The van der Waals surface area contributed by atoms with Crippen LogP contribution in [0.4, 0.5) is 0 Å². The molecule has 18 heavy (non-hydrogen) atoms. The van der Waals surface area contributed by atoms with Crippen LogP contribution in [0.15, 0.2) is 22.7 Å². The Morgan fingerprint density at radius 2 is 2.17 bits per heavy atom. The highest BCUT2D eigenvalue weighted by atomic mass is 79.9. The Balaban J connectivity index is 3.02. The molecule has 0 fully saturated rings. The third-order valence-corrected chi connectivity index (χ3v) is 2.86. The van der Waals surface area contributed by atoms with Crippen molar-refractivity contribution < 1.29 is 14.7 Å². The number of terminal acetylenes is 1. The lowest BCUT2D eigenvalue weighted by molar-refractivity contribution is -0.137. The van der Waals surface area contributed by atoms with Gasteiger partial charge in [-0.3, -0.25) is 9.59 Å². The van der Waals surface area contributed by atoms with Crippen molar-refractivity contribution in [1.82, 2.24) is 4.90 Å². The summed E-state index contributed by atoms with van der Waals surface area (Å²) in [5, 5.41) is 8.95. The molecule has 0 aliphatic rings. The Bertz CT molecular complexity index is 525. The fourth-order valence-electron chi connectivity index (χ4n) is 1.31. The molecule has 0 radical (unpaired) electrons. The van der Waals surface area contributed by atoms with E-state index >= 15 is 0 Å². The van der Waals surface area contributed by atoms with Crippen LogP contribution < -0.4 is 0 Å². The summed E-state index contributed by atoms with van der Waals surface area (Å²) < 4.78 is 0.728. The van der Waals surface area contributed by atoms with Crippen molar-refractivity contribution in [1.29, 1.82) is 0 Å². The minimum Gasteiger partial charge on any atom is -0.480 e. The molecule has 0 saturated carbocycles. The molecule has 1 rings (SSSR count). The van der Waals surface area contributed by atoms with Gasteiger partial charge in [0, 0.05) is 4.47 Å². The highest BCUT2D eigenvalue weighted by Crippen LogP contribution is 2.22. The molecule has 0 saturated heterocycles. The van der Waals surface area contributed by atoms with Crippen molar-refractivity contribution in [3.63, 3.8) is 0 Å². The zero-order chi connectivity index (χ0) is 13.7. The van der Waals surface area contributed by atoms with E-state index in [0.717, 1.165) is 9.37 Å². The average molecular weight is 331 g/mol. The number of benzene rings is 1. The van der Waals surface area contributed by atoms with E-state index in [4.69, 9.17) is 23.1 Å². The van der Waals surface area contributed by atoms with E-state index in [1.165, 1.54) is 6.07 Å². The molecule has 1 aromatic rings. The van der Waals surface area contributed by atoms with E-state index in [2.05, 4.69) is 21.9 Å². The summed E-state index contributed by atoms with van der Waals surface area (Å²) in [7, 11) is 0. The normalized spacial score (nSPS) is 9.61. The van der Waals surface area contributed by atoms with E-state index in [-0.39, 0.29) is 17.1 Å². The number of aliphatic carboxylic acids is 1. The summed E-state index contributed by atoms with van der Waals surface area (Å²) in [6, 6.07) is 4.72.